The second kappa shape index (κ2) is 6.79. The molecule has 8 heteroatoms. The molecule has 0 bridgehead atoms. The maximum absolute atomic E-state index is 12.0. The van der Waals surface area contributed by atoms with Gasteiger partial charge >= 0.3 is 11.9 Å². The molecule has 0 fully saturated rings. The lowest BCUT2D eigenvalue weighted by Crippen LogP contribution is -2.50. The molecule has 0 radical (unpaired) electrons. The maximum atomic E-state index is 12.0. The van der Waals surface area contributed by atoms with Gasteiger partial charge in [0.05, 0.1) is 0 Å². The monoisotopic (exact) mass is 309 g/mol. The Morgan fingerprint density at radius 3 is 2.55 bits per heavy atom. The van der Waals surface area contributed by atoms with E-state index in [-0.39, 0.29) is 19.4 Å². The van der Waals surface area contributed by atoms with Crippen molar-refractivity contribution < 1.29 is 34.1 Å². The van der Waals surface area contributed by atoms with Crippen molar-refractivity contribution in [3.8, 4) is 11.5 Å². The van der Waals surface area contributed by atoms with Gasteiger partial charge in [-0.25, -0.2) is 4.79 Å². The highest BCUT2D eigenvalue weighted by atomic mass is 16.6. The Balaban J connectivity index is 1.96. The summed E-state index contributed by atoms with van der Waals surface area (Å²) in [6.07, 6.45) is -1.55. The van der Waals surface area contributed by atoms with Gasteiger partial charge in [0.1, 0.15) is 12.6 Å². The summed E-state index contributed by atoms with van der Waals surface area (Å²) < 4.78 is 10.8. The van der Waals surface area contributed by atoms with Gasteiger partial charge in [0.2, 0.25) is 6.10 Å². The molecule has 8 nitrogen and oxygen atoms in total. The second-order valence-electron chi connectivity index (χ2n) is 4.70. The average molecular weight is 309 g/mol. The number of nitrogens with one attached hydrogen (secondary N) is 1. The molecule has 22 heavy (non-hydrogen) atoms. The molecule has 1 aromatic carbocycles. The standard InChI is InChI=1S/C14H15NO7/c16-12(17)6-5-8(14(19)20)15-13(18)11-7-21-9-3-1-2-4-10(9)22-11/h1-4,8,11H,5-7H2,(H,15,18)(H,16,17)(H,19,20)/t8-,11?/m0/s1. The third-order valence-electron chi connectivity index (χ3n) is 3.06. The van der Waals surface area contributed by atoms with Gasteiger partial charge in [0.15, 0.2) is 11.5 Å². The molecule has 1 aromatic rings. The number of fused-ring (bicyclic) bond motifs is 1. The van der Waals surface area contributed by atoms with E-state index in [1.165, 1.54) is 0 Å². The first-order valence-corrected chi connectivity index (χ1v) is 6.61. The minimum atomic E-state index is -1.30. The summed E-state index contributed by atoms with van der Waals surface area (Å²) in [6, 6.07) is 5.51. The smallest absolute Gasteiger partial charge is 0.326 e. The SMILES string of the molecule is O=C(O)CC[C@H](NC(=O)C1COc2ccccc2O1)C(=O)O. The number of carbonyl (C=O) groups excluding carboxylic acids is 1. The normalized spacial score (nSPS) is 17.4. The lowest BCUT2D eigenvalue weighted by Gasteiger charge is -2.26. The molecular weight excluding hydrogens is 294 g/mol. The van der Waals surface area contributed by atoms with Crippen LogP contribution < -0.4 is 14.8 Å². The largest absolute Gasteiger partial charge is 0.485 e. The number of hydrogen-bond donors (Lipinski definition) is 3. The Kier molecular flexibility index (Phi) is 4.82. The summed E-state index contributed by atoms with van der Waals surface area (Å²) in [5.41, 5.74) is 0. The summed E-state index contributed by atoms with van der Waals surface area (Å²) in [7, 11) is 0. The first kappa shape index (κ1) is 15.6. The van der Waals surface area contributed by atoms with Crippen LogP contribution in [0.4, 0.5) is 0 Å². The van der Waals surface area contributed by atoms with Gasteiger partial charge in [0.25, 0.3) is 5.91 Å². The lowest BCUT2D eigenvalue weighted by molar-refractivity contribution is -0.144. The van der Waals surface area contributed by atoms with Gasteiger partial charge < -0.3 is 25.0 Å². The van der Waals surface area contributed by atoms with Crippen LogP contribution in [-0.2, 0) is 14.4 Å². The maximum Gasteiger partial charge on any atom is 0.326 e. The van der Waals surface area contributed by atoms with Crippen molar-refractivity contribution >= 4 is 17.8 Å². The Morgan fingerprint density at radius 1 is 1.23 bits per heavy atom. The van der Waals surface area contributed by atoms with Gasteiger partial charge in [-0.05, 0) is 18.6 Å². The summed E-state index contributed by atoms with van der Waals surface area (Å²) in [6.45, 7) is -0.0475. The summed E-state index contributed by atoms with van der Waals surface area (Å²) >= 11 is 0. The summed E-state index contributed by atoms with van der Waals surface area (Å²) in [5.74, 6) is -2.19. The fraction of sp³-hybridized carbons (Fsp3) is 0.357. The minimum absolute atomic E-state index is 0.0475. The molecule has 2 atom stereocenters. The quantitative estimate of drug-likeness (QED) is 0.689. The molecule has 0 aliphatic carbocycles. The molecule has 1 aliphatic rings. The van der Waals surface area contributed by atoms with Crippen LogP contribution in [0.15, 0.2) is 24.3 Å². The number of rotatable bonds is 6. The molecule has 0 aromatic heterocycles. The Hall–Kier alpha value is -2.77. The zero-order valence-electron chi connectivity index (χ0n) is 11.5. The molecule has 1 unspecified atom stereocenters. The van der Waals surface area contributed by atoms with Crippen molar-refractivity contribution in [3.63, 3.8) is 0 Å². The highest BCUT2D eigenvalue weighted by Gasteiger charge is 2.30. The van der Waals surface area contributed by atoms with Crippen molar-refractivity contribution in [2.75, 3.05) is 6.61 Å². The van der Waals surface area contributed by atoms with Crippen LogP contribution in [0.25, 0.3) is 0 Å². The highest BCUT2D eigenvalue weighted by molar-refractivity contribution is 5.87. The first-order valence-electron chi connectivity index (χ1n) is 6.61. The Morgan fingerprint density at radius 2 is 1.91 bits per heavy atom. The van der Waals surface area contributed by atoms with Crippen LogP contribution >= 0.6 is 0 Å². The third-order valence-corrected chi connectivity index (χ3v) is 3.06. The molecule has 0 spiro atoms. The van der Waals surface area contributed by atoms with E-state index in [1.807, 2.05) is 0 Å². The Labute approximate surface area is 125 Å². The second-order valence-corrected chi connectivity index (χ2v) is 4.70. The molecule has 1 heterocycles. The molecule has 0 saturated heterocycles. The molecule has 1 amide bonds. The summed E-state index contributed by atoms with van der Waals surface area (Å²) in [4.78, 5) is 33.6. The molecular formula is C14H15NO7. The van der Waals surface area contributed by atoms with E-state index in [9.17, 15) is 14.4 Å². The number of carboxylic acid groups (broad SMARTS) is 2. The number of carboxylic acids is 2. The van der Waals surface area contributed by atoms with Gasteiger partial charge in [0, 0.05) is 6.42 Å². The van der Waals surface area contributed by atoms with Gasteiger partial charge in [-0.1, -0.05) is 12.1 Å². The molecule has 0 saturated carbocycles. The van der Waals surface area contributed by atoms with E-state index >= 15 is 0 Å². The van der Waals surface area contributed by atoms with Crippen molar-refractivity contribution in [1.29, 1.82) is 0 Å². The number of hydrogen-bond acceptors (Lipinski definition) is 5. The van der Waals surface area contributed by atoms with E-state index in [1.54, 1.807) is 24.3 Å². The Bertz CT molecular complexity index is 586. The number of benzene rings is 1. The summed E-state index contributed by atoms with van der Waals surface area (Å²) in [5, 5.41) is 19.9. The highest BCUT2D eigenvalue weighted by Crippen LogP contribution is 2.30. The minimum Gasteiger partial charge on any atom is -0.485 e. The van der Waals surface area contributed by atoms with Crippen LogP contribution in [-0.4, -0.2) is 46.8 Å². The number of ether oxygens (including phenoxy) is 2. The zero-order valence-corrected chi connectivity index (χ0v) is 11.5. The average Bonchev–Trinajstić information content (AvgIpc) is 2.50. The molecule has 2 rings (SSSR count). The number of amides is 1. The first-order chi connectivity index (χ1) is 10.5. The van der Waals surface area contributed by atoms with Gasteiger partial charge in [-0.2, -0.15) is 0 Å². The molecule has 118 valence electrons. The fourth-order valence-electron chi connectivity index (χ4n) is 1.94. The van der Waals surface area contributed by atoms with Crippen molar-refractivity contribution in [2.45, 2.75) is 25.0 Å². The van der Waals surface area contributed by atoms with Crippen LogP contribution in [0.3, 0.4) is 0 Å². The van der Waals surface area contributed by atoms with E-state index in [0.29, 0.717) is 11.5 Å². The fourth-order valence-corrected chi connectivity index (χ4v) is 1.94. The van der Waals surface area contributed by atoms with Gasteiger partial charge in [-0.15, -0.1) is 0 Å². The predicted octanol–water partition coefficient (Wildman–Crippen LogP) is 0.261. The zero-order chi connectivity index (χ0) is 16.1. The molecule has 1 aliphatic heterocycles. The van der Waals surface area contributed by atoms with Crippen molar-refractivity contribution in [1.82, 2.24) is 5.32 Å². The van der Waals surface area contributed by atoms with E-state index < -0.39 is 30.0 Å². The van der Waals surface area contributed by atoms with Crippen molar-refractivity contribution in [2.24, 2.45) is 0 Å². The number of carbonyl (C=O) groups is 3. The third kappa shape index (κ3) is 3.87. The topological polar surface area (TPSA) is 122 Å². The van der Waals surface area contributed by atoms with Gasteiger partial charge in [-0.3, -0.25) is 9.59 Å². The molecule has 3 N–H and O–H groups in total. The lowest BCUT2D eigenvalue weighted by atomic mass is 10.1. The van der Waals surface area contributed by atoms with Crippen molar-refractivity contribution in [3.05, 3.63) is 24.3 Å². The van der Waals surface area contributed by atoms with E-state index in [4.69, 9.17) is 19.7 Å². The van der Waals surface area contributed by atoms with Crippen LogP contribution in [0, 0.1) is 0 Å². The number of para-hydroxylation sites is 2. The number of aliphatic carboxylic acids is 2. The predicted molar refractivity (Wildman–Crippen MR) is 72.8 cm³/mol. The van der Waals surface area contributed by atoms with Crippen LogP contribution in [0.1, 0.15) is 12.8 Å². The van der Waals surface area contributed by atoms with E-state index in [0.717, 1.165) is 0 Å². The van der Waals surface area contributed by atoms with Crippen LogP contribution in [0.2, 0.25) is 0 Å². The van der Waals surface area contributed by atoms with E-state index in [2.05, 4.69) is 5.32 Å². The van der Waals surface area contributed by atoms with Crippen LogP contribution in [0.5, 0.6) is 11.5 Å².